The van der Waals surface area contributed by atoms with Crippen LogP contribution in [0, 0.1) is 0 Å². The summed E-state index contributed by atoms with van der Waals surface area (Å²) in [6.45, 7) is 2.18. The number of rotatable bonds is 8. The molecule has 1 atom stereocenters. The summed E-state index contributed by atoms with van der Waals surface area (Å²) in [5, 5.41) is 12.9. The van der Waals surface area contributed by atoms with Crippen molar-refractivity contribution >= 4 is 22.4 Å². The van der Waals surface area contributed by atoms with E-state index < -0.39 is 0 Å². The molecule has 0 saturated heterocycles. The Bertz CT molecular complexity index is 1060. The summed E-state index contributed by atoms with van der Waals surface area (Å²) in [5.41, 5.74) is 3.52. The molecule has 0 radical (unpaired) electrons. The van der Waals surface area contributed by atoms with Crippen LogP contribution in [0.3, 0.4) is 0 Å². The van der Waals surface area contributed by atoms with E-state index in [0.29, 0.717) is 17.5 Å². The number of nitrogens with one attached hydrogen (secondary N) is 1. The summed E-state index contributed by atoms with van der Waals surface area (Å²) in [5.74, 6) is 0.280. The van der Waals surface area contributed by atoms with Crippen molar-refractivity contribution in [3.05, 3.63) is 113 Å². The number of amides is 1. The van der Waals surface area contributed by atoms with E-state index >= 15 is 0 Å². The Hall–Kier alpha value is -3.31. The first-order valence-electron chi connectivity index (χ1n) is 10.5. The van der Waals surface area contributed by atoms with Crippen molar-refractivity contribution < 1.29 is 4.79 Å². The van der Waals surface area contributed by atoms with E-state index in [0.717, 1.165) is 22.6 Å². The van der Waals surface area contributed by atoms with Crippen LogP contribution >= 0.6 is 11.3 Å². The van der Waals surface area contributed by atoms with Gasteiger partial charge in [0.25, 0.3) is 0 Å². The lowest BCUT2D eigenvalue weighted by Crippen LogP contribution is -2.16. The Balaban J connectivity index is 1.42. The first-order valence-corrected chi connectivity index (χ1v) is 11.3. The number of anilines is 1. The number of carbonyl (C=O) groups excluding carboxylic acids is 1. The molecule has 31 heavy (non-hydrogen) atoms. The van der Waals surface area contributed by atoms with Gasteiger partial charge >= 0.3 is 0 Å². The minimum Gasteiger partial charge on any atom is -0.300 e. The van der Waals surface area contributed by atoms with Gasteiger partial charge in [-0.2, -0.15) is 0 Å². The average Bonchev–Trinajstić information content (AvgIpc) is 3.25. The lowest BCUT2D eigenvalue weighted by atomic mass is 9.88. The number of benzene rings is 3. The molecule has 4 rings (SSSR count). The van der Waals surface area contributed by atoms with E-state index in [1.54, 1.807) is 0 Å². The van der Waals surface area contributed by atoms with Crippen LogP contribution in [0.5, 0.6) is 0 Å². The third-order valence-electron chi connectivity index (χ3n) is 5.36. The van der Waals surface area contributed by atoms with Gasteiger partial charge in [0, 0.05) is 18.8 Å². The third kappa shape index (κ3) is 5.64. The molecular formula is C26H25N3OS. The highest BCUT2D eigenvalue weighted by Gasteiger charge is 2.19. The monoisotopic (exact) mass is 427 g/mol. The van der Waals surface area contributed by atoms with Crippen LogP contribution in [0.15, 0.2) is 91.0 Å². The van der Waals surface area contributed by atoms with Crippen LogP contribution in [0.2, 0.25) is 0 Å². The van der Waals surface area contributed by atoms with E-state index in [2.05, 4.69) is 58.8 Å². The minimum absolute atomic E-state index is 0.00658. The second kappa shape index (κ2) is 10.1. The molecule has 4 aromatic rings. The first-order chi connectivity index (χ1) is 15.2. The zero-order valence-corrected chi connectivity index (χ0v) is 18.3. The summed E-state index contributed by atoms with van der Waals surface area (Å²) >= 11 is 1.45. The zero-order chi connectivity index (χ0) is 21.5. The minimum atomic E-state index is -0.0588. The number of nitrogens with zero attached hydrogens (tertiary/aromatic N) is 2. The molecule has 0 aliphatic heterocycles. The van der Waals surface area contributed by atoms with Crippen molar-refractivity contribution in [3.8, 4) is 0 Å². The van der Waals surface area contributed by atoms with E-state index in [4.69, 9.17) is 0 Å². The van der Waals surface area contributed by atoms with Crippen LogP contribution in [0.25, 0.3) is 0 Å². The fourth-order valence-corrected chi connectivity index (χ4v) is 4.59. The van der Waals surface area contributed by atoms with Gasteiger partial charge in [-0.3, -0.25) is 4.79 Å². The van der Waals surface area contributed by atoms with Crippen LogP contribution in [-0.2, 0) is 11.2 Å². The van der Waals surface area contributed by atoms with Crippen molar-refractivity contribution in [2.75, 3.05) is 5.32 Å². The van der Waals surface area contributed by atoms with Gasteiger partial charge in [-0.05, 0) is 22.6 Å². The molecule has 1 aromatic heterocycles. The Morgan fingerprint density at radius 3 is 1.87 bits per heavy atom. The molecule has 0 bridgehead atoms. The van der Waals surface area contributed by atoms with Gasteiger partial charge in [0.2, 0.25) is 11.0 Å². The summed E-state index contributed by atoms with van der Waals surface area (Å²) in [6.07, 6.45) is 1.15. The van der Waals surface area contributed by atoms with Crippen molar-refractivity contribution in [2.45, 2.75) is 31.6 Å². The van der Waals surface area contributed by atoms with E-state index in [9.17, 15) is 4.79 Å². The van der Waals surface area contributed by atoms with Crippen molar-refractivity contribution in [1.82, 2.24) is 10.2 Å². The van der Waals surface area contributed by atoms with Gasteiger partial charge in [0.15, 0.2) is 0 Å². The maximum absolute atomic E-state index is 12.9. The maximum Gasteiger partial charge on any atom is 0.227 e. The van der Waals surface area contributed by atoms with E-state index in [1.807, 2.05) is 54.6 Å². The SMILES string of the molecule is CC(Cc1nnc(NC(=O)CC(c2ccccc2)c2ccccc2)s1)c1ccccc1. The van der Waals surface area contributed by atoms with Crippen LogP contribution < -0.4 is 5.32 Å². The molecule has 4 nitrogen and oxygen atoms in total. The topological polar surface area (TPSA) is 54.9 Å². The molecule has 1 heterocycles. The average molecular weight is 428 g/mol. The van der Waals surface area contributed by atoms with Gasteiger partial charge < -0.3 is 5.32 Å². The van der Waals surface area contributed by atoms with E-state index in [-0.39, 0.29) is 11.8 Å². The van der Waals surface area contributed by atoms with Crippen LogP contribution in [0.4, 0.5) is 5.13 Å². The second-order valence-electron chi connectivity index (χ2n) is 7.64. The summed E-state index contributed by atoms with van der Waals surface area (Å²) < 4.78 is 0. The standard InChI is InChI=1S/C26H25N3OS/c1-19(20-11-5-2-6-12-20)17-25-28-29-26(31-25)27-24(30)18-23(21-13-7-3-8-14-21)22-15-9-4-10-16-22/h2-16,19,23H,17-18H2,1H3,(H,27,29,30). The molecule has 0 spiro atoms. The van der Waals surface area contributed by atoms with Crippen molar-refractivity contribution in [1.29, 1.82) is 0 Å². The molecule has 1 amide bonds. The Labute approximate surface area is 187 Å². The molecular weight excluding hydrogens is 402 g/mol. The molecule has 5 heteroatoms. The molecule has 0 saturated carbocycles. The second-order valence-corrected chi connectivity index (χ2v) is 8.71. The maximum atomic E-state index is 12.9. The Morgan fingerprint density at radius 1 is 0.806 bits per heavy atom. The lowest BCUT2D eigenvalue weighted by molar-refractivity contribution is -0.116. The molecule has 3 aromatic carbocycles. The fourth-order valence-electron chi connectivity index (χ4n) is 3.70. The Morgan fingerprint density at radius 2 is 1.32 bits per heavy atom. The number of aromatic nitrogens is 2. The number of hydrogen-bond donors (Lipinski definition) is 1. The van der Waals surface area contributed by atoms with Gasteiger partial charge in [-0.1, -0.05) is 109 Å². The fraction of sp³-hybridized carbons (Fsp3) is 0.192. The highest BCUT2D eigenvalue weighted by atomic mass is 32.1. The molecule has 0 fully saturated rings. The van der Waals surface area contributed by atoms with Gasteiger partial charge in [-0.25, -0.2) is 0 Å². The predicted molar refractivity (Wildman–Crippen MR) is 126 cm³/mol. The van der Waals surface area contributed by atoms with E-state index in [1.165, 1.54) is 16.9 Å². The summed E-state index contributed by atoms with van der Waals surface area (Å²) in [6, 6.07) is 30.7. The van der Waals surface area contributed by atoms with Crippen LogP contribution in [-0.4, -0.2) is 16.1 Å². The quantitative estimate of drug-likeness (QED) is 0.373. The Kier molecular flexibility index (Phi) is 6.85. The van der Waals surface area contributed by atoms with Crippen molar-refractivity contribution in [3.63, 3.8) is 0 Å². The smallest absolute Gasteiger partial charge is 0.227 e. The highest BCUT2D eigenvalue weighted by molar-refractivity contribution is 7.15. The number of carbonyl (C=O) groups is 1. The molecule has 0 aliphatic rings. The molecule has 1 unspecified atom stereocenters. The molecule has 0 aliphatic carbocycles. The van der Waals surface area contributed by atoms with Crippen molar-refractivity contribution in [2.24, 2.45) is 0 Å². The summed E-state index contributed by atoms with van der Waals surface area (Å²) in [7, 11) is 0. The largest absolute Gasteiger partial charge is 0.300 e. The first kappa shape index (κ1) is 20.9. The zero-order valence-electron chi connectivity index (χ0n) is 17.4. The molecule has 1 N–H and O–H groups in total. The molecule has 156 valence electrons. The highest BCUT2D eigenvalue weighted by Crippen LogP contribution is 2.29. The van der Waals surface area contributed by atoms with Gasteiger partial charge in [0.1, 0.15) is 5.01 Å². The van der Waals surface area contributed by atoms with Gasteiger partial charge in [-0.15, -0.1) is 10.2 Å². The number of hydrogen-bond acceptors (Lipinski definition) is 4. The van der Waals surface area contributed by atoms with Gasteiger partial charge in [0.05, 0.1) is 0 Å². The normalized spacial score (nSPS) is 11.9. The van der Waals surface area contributed by atoms with Crippen LogP contribution in [0.1, 0.15) is 46.9 Å². The third-order valence-corrected chi connectivity index (χ3v) is 6.22. The summed E-state index contributed by atoms with van der Waals surface area (Å²) in [4.78, 5) is 12.9. The lowest BCUT2D eigenvalue weighted by Gasteiger charge is -2.17. The predicted octanol–water partition coefficient (Wildman–Crippen LogP) is 6.05.